The van der Waals surface area contributed by atoms with Gasteiger partial charge in [-0.15, -0.1) is 11.8 Å². The van der Waals surface area contributed by atoms with Crippen molar-refractivity contribution >= 4 is 29.3 Å². The van der Waals surface area contributed by atoms with E-state index in [1.807, 2.05) is 36.4 Å². The molecule has 0 atom stereocenters. The molecule has 2 N–H and O–H groups in total. The molecule has 22 heavy (non-hydrogen) atoms. The minimum Gasteiger partial charge on any atom is -0.324 e. The summed E-state index contributed by atoms with van der Waals surface area (Å²) < 4.78 is 0. The van der Waals surface area contributed by atoms with Gasteiger partial charge < -0.3 is 5.32 Å². The molecule has 2 amide bonds. The Morgan fingerprint density at radius 1 is 1.23 bits per heavy atom. The van der Waals surface area contributed by atoms with E-state index in [1.165, 1.54) is 11.8 Å². The Hall–Kier alpha value is -2.31. The number of rotatable bonds is 4. The van der Waals surface area contributed by atoms with Crippen molar-refractivity contribution in [2.45, 2.75) is 11.5 Å². The molecule has 3 rings (SSSR count). The van der Waals surface area contributed by atoms with Crippen molar-refractivity contribution in [2.75, 3.05) is 11.1 Å². The van der Waals surface area contributed by atoms with Crippen molar-refractivity contribution in [3.63, 3.8) is 0 Å². The van der Waals surface area contributed by atoms with Gasteiger partial charge in [-0.3, -0.25) is 14.4 Å². The predicted molar refractivity (Wildman–Crippen MR) is 84.5 cm³/mol. The number of hydrogen-bond acceptors (Lipinski definition) is 4. The maximum absolute atomic E-state index is 12.0. The first-order valence-corrected chi connectivity index (χ1v) is 7.74. The zero-order valence-electron chi connectivity index (χ0n) is 11.7. The fourth-order valence-corrected chi connectivity index (χ4v) is 2.83. The van der Waals surface area contributed by atoms with Crippen LogP contribution in [-0.4, -0.2) is 17.6 Å². The molecule has 5 nitrogen and oxygen atoms in total. The van der Waals surface area contributed by atoms with Crippen molar-refractivity contribution < 1.29 is 14.4 Å². The van der Waals surface area contributed by atoms with Gasteiger partial charge in [0.25, 0.3) is 5.91 Å². The number of fused-ring (bicyclic) bond motifs is 1. The molecule has 1 aliphatic rings. The Kier molecular flexibility index (Phi) is 4.41. The second-order valence-corrected chi connectivity index (χ2v) is 5.77. The number of nitrogens with one attached hydrogen (secondary N) is 2. The van der Waals surface area contributed by atoms with E-state index in [4.69, 9.17) is 4.84 Å². The van der Waals surface area contributed by atoms with Crippen LogP contribution in [0, 0.1) is 0 Å². The van der Waals surface area contributed by atoms with Crippen LogP contribution in [-0.2, 0) is 16.2 Å². The van der Waals surface area contributed by atoms with Crippen LogP contribution in [0.5, 0.6) is 0 Å². The fourth-order valence-electron chi connectivity index (χ4n) is 2.04. The molecule has 0 spiro atoms. The number of carbonyl (C=O) groups is 2. The highest BCUT2D eigenvalue weighted by Crippen LogP contribution is 2.31. The quantitative estimate of drug-likeness (QED) is 0.851. The Morgan fingerprint density at radius 2 is 2.05 bits per heavy atom. The second kappa shape index (κ2) is 6.64. The molecule has 0 aromatic heterocycles. The minimum absolute atomic E-state index is 0.0598. The van der Waals surface area contributed by atoms with Gasteiger partial charge in [-0.05, 0) is 23.8 Å². The lowest BCUT2D eigenvalue weighted by Gasteiger charge is -2.16. The van der Waals surface area contributed by atoms with E-state index in [0.29, 0.717) is 23.6 Å². The molecule has 112 valence electrons. The third-order valence-corrected chi connectivity index (χ3v) is 4.19. The van der Waals surface area contributed by atoms with Gasteiger partial charge in [-0.25, -0.2) is 5.48 Å². The second-order valence-electron chi connectivity index (χ2n) is 4.75. The first-order chi connectivity index (χ1) is 10.7. The molecule has 0 saturated heterocycles. The molecule has 0 radical (unpaired) electrons. The zero-order valence-corrected chi connectivity index (χ0v) is 12.5. The van der Waals surface area contributed by atoms with Crippen LogP contribution in [0.15, 0.2) is 53.4 Å². The normalized spacial score (nSPS) is 13.2. The summed E-state index contributed by atoms with van der Waals surface area (Å²) in [4.78, 5) is 29.6. The molecular weight excluding hydrogens is 300 g/mol. The van der Waals surface area contributed by atoms with Crippen LogP contribution < -0.4 is 10.8 Å². The third-order valence-electron chi connectivity index (χ3n) is 3.12. The Morgan fingerprint density at radius 3 is 2.86 bits per heavy atom. The van der Waals surface area contributed by atoms with Crippen molar-refractivity contribution in [2.24, 2.45) is 0 Å². The van der Waals surface area contributed by atoms with Gasteiger partial charge in [0.2, 0.25) is 5.91 Å². The molecule has 0 unspecified atom stereocenters. The molecule has 0 saturated carbocycles. The van der Waals surface area contributed by atoms with E-state index < -0.39 is 0 Å². The van der Waals surface area contributed by atoms with Gasteiger partial charge in [-0.2, -0.15) is 0 Å². The molecule has 0 fully saturated rings. The molecule has 2 aromatic carbocycles. The van der Waals surface area contributed by atoms with Gasteiger partial charge in [0.1, 0.15) is 0 Å². The number of anilines is 1. The maximum atomic E-state index is 12.0. The van der Waals surface area contributed by atoms with Crippen LogP contribution in [0.25, 0.3) is 0 Å². The van der Waals surface area contributed by atoms with Crippen LogP contribution in [0.4, 0.5) is 5.69 Å². The van der Waals surface area contributed by atoms with Gasteiger partial charge >= 0.3 is 0 Å². The standard InChI is InChI=1S/C16H14N2O3S/c19-15-10-22-14-7-6-12(8-13(14)17-15)16(20)18-21-9-11-4-2-1-3-5-11/h1-8H,9-10H2,(H,17,19)(H,18,20). The summed E-state index contributed by atoms with van der Waals surface area (Å²) in [6.07, 6.45) is 0. The smallest absolute Gasteiger partial charge is 0.274 e. The summed E-state index contributed by atoms with van der Waals surface area (Å²) in [6.45, 7) is 0.296. The summed E-state index contributed by atoms with van der Waals surface area (Å²) in [7, 11) is 0. The maximum Gasteiger partial charge on any atom is 0.274 e. The number of benzene rings is 2. The summed E-state index contributed by atoms with van der Waals surface area (Å²) in [6, 6.07) is 14.8. The van der Waals surface area contributed by atoms with Gasteiger partial charge in [0.15, 0.2) is 0 Å². The monoisotopic (exact) mass is 314 g/mol. The molecule has 1 aliphatic heterocycles. The highest BCUT2D eigenvalue weighted by Gasteiger charge is 2.17. The molecule has 0 bridgehead atoms. The lowest BCUT2D eigenvalue weighted by atomic mass is 10.2. The SMILES string of the molecule is O=C1CSc2ccc(C(=O)NOCc3ccccc3)cc2N1. The van der Waals surface area contributed by atoms with E-state index in [2.05, 4.69) is 10.8 Å². The van der Waals surface area contributed by atoms with Gasteiger partial charge in [0, 0.05) is 10.5 Å². The lowest BCUT2D eigenvalue weighted by Crippen LogP contribution is -2.24. The van der Waals surface area contributed by atoms with E-state index in [1.54, 1.807) is 12.1 Å². The Labute approximate surface area is 132 Å². The number of amides is 2. The van der Waals surface area contributed by atoms with Crippen LogP contribution in [0.3, 0.4) is 0 Å². The summed E-state index contributed by atoms with van der Waals surface area (Å²) in [5, 5.41) is 2.76. The largest absolute Gasteiger partial charge is 0.324 e. The molecule has 1 heterocycles. The number of thioether (sulfide) groups is 1. The van der Waals surface area contributed by atoms with E-state index in [-0.39, 0.29) is 11.8 Å². The number of hydroxylamine groups is 1. The highest BCUT2D eigenvalue weighted by atomic mass is 32.2. The van der Waals surface area contributed by atoms with Crippen molar-refractivity contribution in [3.8, 4) is 0 Å². The summed E-state index contributed by atoms with van der Waals surface area (Å²) >= 11 is 1.46. The van der Waals surface area contributed by atoms with E-state index in [9.17, 15) is 9.59 Å². The average molecular weight is 314 g/mol. The first-order valence-electron chi connectivity index (χ1n) is 6.75. The third kappa shape index (κ3) is 3.47. The topological polar surface area (TPSA) is 67.4 Å². The predicted octanol–water partition coefficient (Wildman–Crippen LogP) is 2.59. The zero-order chi connectivity index (χ0) is 15.4. The fraction of sp³-hybridized carbons (Fsp3) is 0.125. The lowest BCUT2D eigenvalue weighted by molar-refractivity contribution is -0.113. The van der Waals surface area contributed by atoms with Gasteiger partial charge in [-0.1, -0.05) is 30.3 Å². The van der Waals surface area contributed by atoms with Crippen LogP contribution in [0.2, 0.25) is 0 Å². The van der Waals surface area contributed by atoms with Crippen molar-refractivity contribution in [3.05, 3.63) is 59.7 Å². The van der Waals surface area contributed by atoms with Crippen molar-refractivity contribution in [1.82, 2.24) is 5.48 Å². The van der Waals surface area contributed by atoms with Gasteiger partial charge in [0.05, 0.1) is 18.0 Å². The summed E-state index contributed by atoms with van der Waals surface area (Å²) in [5.41, 5.74) is 4.48. The highest BCUT2D eigenvalue weighted by molar-refractivity contribution is 8.00. The number of hydrogen-bond donors (Lipinski definition) is 2. The van der Waals surface area contributed by atoms with Crippen LogP contribution in [0.1, 0.15) is 15.9 Å². The average Bonchev–Trinajstić information content (AvgIpc) is 2.55. The van der Waals surface area contributed by atoms with E-state index >= 15 is 0 Å². The molecule has 2 aromatic rings. The molecule has 0 aliphatic carbocycles. The molecule has 6 heteroatoms. The summed E-state index contributed by atoms with van der Waals surface area (Å²) in [5.74, 6) is -0.00224. The Bertz CT molecular complexity index is 704. The minimum atomic E-state index is -0.344. The first kappa shape index (κ1) is 14.6. The van der Waals surface area contributed by atoms with Crippen molar-refractivity contribution in [1.29, 1.82) is 0 Å². The Balaban J connectivity index is 1.60. The van der Waals surface area contributed by atoms with Crippen LogP contribution >= 0.6 is 11.8 Å². The number of carbonyl (C=O) groups excluding carboxylic acids is 2. The van der Waals surface area contributed by atoms with E-state index in [0.717, 1.165) is 10.5 Å². The molecular formula is C16H14N2O3S.